The maximum Gasteiger partial charge on any atom is 0.139 e. The van der Waals surface area contributed by atoms with Gasteiger partial charge in [0.1, 0.15) is 16.2 Å². The molecule has 0 aliphatic heterocycles. The molecule has 0 atom stereocenters. The Hall–Kier alpha value is -1.68. The number of ether oxygens (including phenoxy) is 1. The molecule has 0 bridgehead atoms. The van der Waals surface area contributed by atoms with Gasteiger partial charge >= 0.3 is 0 Å². The van der Waals surface area contributed by atoms with Crippen molar-refractivity contribution in [2.75, 3.05) is 7.11 Å². The molecule has 0 fully saturated rings. The van der Waals surface area contributed by atoms with E-state index in [1.54, 1.807) is 7.11 Å². The van der Waals surface area contributed by atoms with Gasteiger partial charge in [-0.3, -0.25) is 0 Å². The van der Waals surface area contributed by atoms with Crippen molar-refractivity contribution in [1.82, 2.24) is 9.97 Å². The predicted octanol–water partition coefficient (Wildman–Crippen LogP) is 3.12. The van der Waals surface area contributed by atoms with Crippen molar-refractivity contribution in [3.63, 3.8) is 0 Å². The molecule has 0 radical (unpaired) electrons. The van der Waals surface area contributed by atoms with Crippen molar-refractivity contribution in [2.24, 2.45) is 0 Å². The number of aromatic nitrogens is 2. The van der Waals surface area contributed by atoms with Crippen LogP contribution >= 0.6 is 12.2 Å². The molecule has 1 aromatic carbocycles. The third-order valence-electron chi connectivity index (χ3n) is 2.22. The number of aryl methyl sites for hydroxylation is 1. The van der Waals surface area contributed by atoms with Crippen molar-refractivity contribution < 1.29 is 4.74 Å². The zero-order valence-corrected chi connectivity index (χ0v) is 9.97. The van der Waals surface area contributed by atoms with Crippen molar-refractivity contribution >= 4 is 12.2 Å². The standard InChI is InChI=1S/C12H12N2OS/c1-8-6-11(16)14-12(13-8)9-4-3-5-10(7-9)15-2/h3-7H,1-2H3,(H,13,14,16). The number of aromatic amines is 1. The van der Waals surface area contributed by atoms with E-state index in [1.165, 1.54) is 0 Å². The lowest BCUT2D eigenvalue weighted by Crippen LogP contribution is -1.92. The Kier molecular flexibility index (Phi) is 3.01. The summed E-state index contributed by atoms with van der Waals surface area (Å²) < 4.78 is 5.76. The van der Waals surface area contributed by atoms with E-state index in [4.69, 9.17) is 17.0 Å². The molecule has 82 valence electrons. The number of H-pyrrole nitrogens is 1. The van der Waals surface area contributed by atoms with Crippen LogP contribution in [0.15, 0.2) is 30.3 Å². The van der Waals surface area contributed by atoms with Crippen LogP contribution in [0.4, 0.5) is 0 Å². The van der Waals surface area contributed by atoms with Crippen LogP contribution in [0.5, 0.6) is 5.75 Å². The summed E-state index contributed by atoms with van der Waals surface area (Å²) in [4.78, 5) is 7.47. The molecule has 0 aliphatic carbocycles. The largest absolute Gasteiger partial charge is 0.497 e. The molecule has 0 spiro atoms. The minimum absolute atomic E-state index is 0.592. The van der Waals surface area contributed by atoms with E-state index in [0.717, 1.165) is 22.8 Å². The molecule has 4 heteroatoms. The molecule has 3 nitrogen and oxygen atoms in total. The first kappa shape index (κ1) is 10.8. The summed E-state index contributed by atoms with van der Waals surface area (Å²) in [6.45, 7) is 1.96. The van der Waals surface area contributed by atoms with Crippen molar-refractivity contribution in [3.8, 4) is 17.1 Å². The molecule has 0 saturated heterocycles. The minimum Gasteiger partial charge on any atom is -0.497 e. The Balaban J connectivity index is 2.53. The van der Waals surface area contributed by atoms with Gasteiger partial charge in [0.25, 0.3) is 0 Å². The fourth-order valence-electron chi connectivity index (χ4n) is 1.49. The fourth-order valence-corrected chi connectivity index (χ4v) is 1.75. The van der Waals surface area contributed by atoms with Crippen LogP contribution in [0.1, 0.15) is 5.69 Å². The maximum absolute atomic E-state index is 5.17. The molecule has 2 aromatic rings. The second kappa shape index (κ2) is 4.45. The number of methoxy groups -OCH3 is 1. The van der Waals surface area contributed by atoms with Crippen LogP contribution in [0.25, 0.3) is 11.4 Å². The molecule has 1 N–H and O–H groups in total. The van der Waals surface area contributed by atoms with E-state index >= 15 is 0 Å². The zero-order valence-electron chi connectivity index (χ0n) is 9.15. The summed E-state index contributed by atoms with van der Waals surface area (Å²) in [5, 5.41) is 0. The molecule has 2 rings (SSSR count). The van der Waals surface area contributed by atoms with Gasteiger partial charge in [0.2, 0.25) is 0 Å². The van der Waals surface area contributed by atoms with Gasteiger partial charge in [0.15, 0.2) is 0 Å². The Morgan fingerprint density at radius 3 is 2.81 bits per heavy atom. The third kappa shape index (κ3) is 2.28. The van der Waals surface area contributed by atoms with Crippen molar-refractivity contribution in [2.45, 2.75) is 6.92 Å². The normalized spacial score (nSPS) is 10.1. The quantitative estimate of drug-likeness (QED) is 0.808. The second-order valence-electron chi connectivity index (χ2n) is 3.48. The van der Waals surface area contributed by atoms with E-state index in [1.807, 2.05) is 37.3 Å². The van der Waals surface area contributed by atoms with Gasteiger partial charge < -0.3 is 9.72 Å². The molecule has 0 aliphatic rings. The zero-order chi connectivity index (χ0) is 11.5. The van der Waals surface area contributed by atoms with E-state index in [-0.39, 0.29) is 0 Å². The van der Waals surface area contributed by atoms with E-state index in [0.29, 0.717) is 4.64 Å². The van der Waals surface area contributed by atoms with Crippen LogP contribution in [0, 0.1) is 11.6 Å². The molecule has 16 heavy (non-hydrogen) atoms. The monoisotopic (exact) mass is 232 g/mol. The first-order valence-corrected chi connectivity index (χ1v) is 5.32. The highest BCUT2D eigenvalue weighted by Gasteiger charge is 2.01. The van der Waals surface area contributed by atoms with Gasteiger partial charge in [0, 0.05) is 11.3 Å². The summed E-state index contributed by atoms with van der Waals surface area (Å²) in [5.74, 6) is 1.57. The SMILES string of the molecule is COc1cccc(-c2nc(=S)cc(C)[nH]2)c1. The van der Waals surface area contributed by atoms with Crippen molar-refractivity contribution in [3.05, 3.63) is 40.7 Å². The highest BCUT2D eigenvalue weighted by Crippen LogP contribution is 2.20. The molecule has 1 aromatic heterocycles. The first-order chi connectivity index (χ1) is 7.69. The molecule has 0 unspecified atom stereocenters. The lowest BCUT2D eigenvalue weighted by Gasteiger charge is -2.05. The fraction of sp³-hybridized carbons (Fsp3) is 0.167. The summed E-state index contributed by atoms with van der Waals surface area (Å²) in [7, 11) is 1.64. The van der Waals surface area contributed by atoms with Crippen LogP contribution in [-0.4, -0.2) is 17.1 Å². The van der Waals surface area contributed by atoms with Gasteiger partial charge in [-0.1, -0.05) is 24.4 Å². The van der Waals surface area contributed by atoms with E-state index in [9.17, 15) is 0 Å². The molecule has 0 saturated carbocycles. The number of nitrogens with one attached hydrogen (secondary N) is 1. The van der Waals surface area contributed by atoms with Crippen LogP contribution < -0.4 is 4.74 Å². The third-order valence-corrected chi connectivity index (χ3v) is 2.43. The number of hydrogen-bond acceptors (Lipinski definition) is 3. The van der Waals surface area contributed by atoms with Gasteiger partial charge in [-0.2, -0.15) is 0 Å². The average Bonchev–Trinajstić information content (AvgIpc) is 2.28. The van der Waals surface area contributed by atoms with Crippen LogP contribution in [0.3, 0.4) is 0 Å². The summed E-state index contributed by atoms with van der Waals surface area (Å²) in [5.41, 5.74) is 1.96. The number of hydrogen-bond donors (Lipinski definition) is 1. The second-order valence-corrected chi connectivity index (χ2v) is 3.90. The van der Waals surface area contributed by atoms with Crippen molar-refractivity contribution in [1.29, 1.82) is 0 Å². The maximum atomic E-state index is 5.17. The van der Waals surface area contributed by atoms with Crippen LogP contribution in [-0.2, 0) is 0 Å². The Bertz CT molecular complexity index is 563. The smallest absolute Gasteiger partial charge is 0.139 e. The van der Waals surface area contributed by atoms with Gasteiger partial charge in [-0.05, 0) is 25.1 Å². The summed E-state index contributed by atoms with van der Waals surface area (Å²) in [6.07, 6.45) is 0. The highest BCUT2D eigenvalue weighted by molar-refractivity contribution is 7.71. The van der Waals surface area contributed by atoms with Crippen LogP contribution in [0.2, 0.25) is 0 Å². The van der Waals surface area contributed by atoms with E-state index < -0.39 is 0 Å². The predicted molar refractivity (Wildman–Crippen MR) is 66.1 cm³/mol. The Morgan fingerprint density at radius 1 is 1.31 bits per heavy atom. The van der Waals surface area contributed by atoms with Gasteiger partial charge in [0.05, 0.1) is 7.11 Å². The number of nitrogens with zero attached hydrogens (tertiary/aromatic N) is 1. The summed E-state index contributed by atoms with van der Waals surface area (Å²) in [6, 6.07) is 9.55. The topological polar surface area (TPSA) is 37.9 Å². The van der Waals surface area contributed by atoms with Gasteiger partial charge in [-0.25, -0.2) is 4.98 Å². The molecule has 1 heterocycles. The van der Waals surface area contributed by atoms with E-state index in [2.05, 4.69) is 9.97 Å². The number of rotatable bonds is 2. The number of benzene rings is 1. The lowest BCUT2D eigenvalue weighted by molar-refractivity contribution is 0.415. The summed E-state index contributed by atoms with van der Waals surface area (Å²) >= 11 is 5.09. The first-order valence-electron chi connectivity index (χ1n) is 4.91. The van der Waals surface area contributed by atoms with Gasteiger partial charge in [-0.15, -0.1) is 0 Å². The molecule has 0 amide bonds. The molecular formula is C12H12N2OS. The molecular weight excluding hydrogens is 220 g/mol. The Morgan fingerprint density at radius 2 is 2.12 bits per heavy atom. The lowest BCUT2D eigenvalue weighted by atomic mass is 10.2. The highest BCUT2D eigenvalue weighted by atomic mass is 32.1. The minimum atomic E-state index is 0.592. The Labute approximate surface area is 99.1 Å². The average molecular weight is 232 g/mol.